The first-order chi connectivity index (χ1) is 15.5. The normalized spacial score (nSPS) is 18.1. The Labute approximate surface area is 182 Å². The number of aromatic hydroxyl groups is 1. The van der Waals surface area contributed by atoms with Gasteiger partial charge in [0.05, 0.1) is 32.5 Å². The van der Waals surface area contributed by atoms with Gasteiger partial charge in [0.25, 0.3) is 0 Å². The number of methoxy groups -OCH3 is 2. The van der Waals surface area contributed by atoms with Crippen molar-refractivity contribution >= 4 is 17.8 Å². The first-order valence-corrected chi connectivity index (χ1v) is 9.80. The van der Waals surface area contributed by atoms with E-state index in [0.29, 0.717) is 33.9 Å². The Morgan fingerprint density at radius 2 is 1.81 bits per heavy atom. The Hall–Kier alpha value is -4.20. The molecule has 2 aromatic carbocycles. The highest BCUT2D eigenvalue weighted by Gasteiger charge is 2.39. The summed E-state index contributed by atoms with van der Waals surface area (Å²) in [5.74, 6) is 0.235. The minimum Gasteiger partial charge on any atom is -0.502 e. The Morgan fingerprint density at radius 3 is 2.47 bits per heavy atom. The summed E-state index contributed by atoms with van der Waals surface area (Å²) < 4.78 is 27.2. The summed E-state index contributed by atoms with van der Waals surface area (Å²) in [7, 11) is 2.85. The number of hydrogen-bond acceptors (Lipinski definition) is 8. The van der Waals surface area contributed by atoms with Gasteiger partial charge < -0.3 is 28.5 Å². The van der Waals surface area contributed by atoms with Crippen molar-refractivity contribution in [2.75, 3.05) is 14.2 Å². The molecule has 0 saturated carbocycles. The zero-order valence-corrected chi connectivity index (χ0v) is 17.2. The molecule has 1 atom stereocenters. The average molecular weight is 434 g/mol. The van der Waals surface area contributed by atoms with Gasteiger partial charge >= 0.3 is 5.97 Å². The number of ketones is 1. The molecule has 162 valence electrons. The molecule has 0 fully saturated rings. The van der Waals surface area contributed by atoms with E-state index in [9.17, 15) is 14.7 Å². The highest BCUT2D eigenvalue weighted by atomic mass is 16.5. The van der Waals surface area contributed by atoms with Crippen LogP contribution < -0.4 is 18.9 Å². The van der Waals surface area contributed by atoms with E-state index in [1.54, 1.807) is 36.4 Å². The minimum absolute atomic E-state index is 0.00925. The van der Waals surface area contributed by atoms with Crippen molar-refractivity contribution in [2.45, 2.75) is 12.3 Å². The number of furan rings is 1. The minimum atomic E-state index is -0.514. The maximum absolute atomic E-state index is 12.9. The number of ether oxygens (including phenoxy) is 4. The summed E-state index contributed by atoms with van der Waals surface area (Å²) in [5.41, 5.74) is 1.57. The second-order valence-electron chi connectivity index (χ2n) is 7.31. The molecule has 3 heterocycles. The van der Waals surface area contributed by atoms with Gasteiger partial charge in [-0.25, -0.2) is 0 Å². The van der Waals surface area contributed by atoms with E-state index in [-0.39, 0.29) is 35.2 Å². The molecule has 1 aromatic heterocycles. The lowest BCUT2D eigenvalue weighted by Gasteiger charge is -2.27. The SMILES string of the molecule is COc1cc(C2CC(=O)Oc3ccc4c(c32)OC(=Cc2ccco2)C4=O)cc(OC)c1O. The van der Waals surface area contributed by atoms with Gasteiger partial charge in [0.2, 0.25) is 11.5 Å². The van der Waals surface area contributed by atoms with Crippen LogP contribution in [0.15, 0.2) is 52.8 Å². The van der Waals surface area contributed by atoms with Gasteiger partial charge in [0.15, 0.2) is 17.3 Å². The molecule has 1 N–H and O–H groups in total. The van der Waals surface area contributed by atoms with Crippen molar-refractivity contribution in [3.8, 4) is 28.7 Å². The third-order valence-corrected chi connectivity index (χ3v) is 5.50. The van der Waals surface area contributed by atoms with Gasteiger partial charge in [-0.1, -0.05) is 0 Å². The average Bonchev–Trinajstić information content (AvgIpc) is 3.41. The molecule has 0 radical (unpaired) electrons. The first-order valence-electron chi connectivity index (χ1n) is 9.80. The third kappa shape index (κ3) is 3.08. The van der Waals surface area contributed by atoms with Gasteiger partial charge in [0, 0.05) is 17.6 Å². The topological polar surface area (TPSA) is 104 Å². The van der Waals surface area contributed by atoms with Crippen LogP contribution in [0.4, 0.5) is 0 Å². The van der Waals surface area contributed by atoms with Gasteiger partial charge in [-0.2, -0.15) is 0 Å². The Morgan fingerprint density at radius 1 is 1.06 bits per heavy atom. The van der Waals surface area contributed by atoms with Crippen LogP contribution >= 0.6 is 0 Å². The fraction of sp³-hybridized carbons (Fsp3) is 0.167. The predicted octanol–water partition coefficient (Wildman–Crippen LogP) is 4.06. The lowest BCUT2D eigenvalue weighted by molar-refractivity contribution is -0.135. The van der Waals surface area contributed by atoms with Crippen LogP contribution in [-0.2, 0) is 4.79 Å². The van der Waals surface area contributed by atoms with Crippen LogP contribution in [0.1, 0.15) is 39.6 Å². The van der Waals surface area contributed by atoms with E-state index in [1.807, 2.05) is 0 Å². The van der Waals surface area contributed by atoms with E-state index in [0.717, 1.165) is 0 Å². The number of hydrogen-bond donors (Lipinski definition) is 1. The van der Waals surface area contributed by atoms with Crippen molar-refractivity contribution in [2.24, 2.45) is 0 Å². The van der Waals surface area contributed by atoms with Crippen LogP contribution in [0.5, 0.6) is 28.7 Å². The molecule has 32 heavy (non-hydrogen) atoms. The summed E-state index contributed by atoms with van der Waals surface area (Å²) in [4.78, 5) is 25.3. The van der Waals surface area contributed by atoms with Crippen LogP contribution in [-0.4, -0.2) is 31.1 Å². The Kier molecular flexibility index (Phi) is 4.62. The van der Waals surface area contributed by atoms with Crippen molar-refractivity contribution < 1.29 is 38.1 Å². The number of phenols is 1. The lowest BCUT2D eigenvalue weighted by atomic mass is 9.84. The monoisotopic (exact) mass is 434 g/mol. The van der Waals surface area contributed by atoms with E-state index in [2.05, 4.69) is 0 Å². The standard InChI is InChI=1S/C24H18O8/c1-28-17-8-12(9-18(29-2)23(17)27)15-11-20(25)31-16-6-5-14-22(26)19(32-24(14)21(15)16)10-13-4-3-7-30-13/h3-10,15,27H,11H2,1-2H3. The molecular weight excluding hydrogens is 416 g/mol. The summed E-state index contributed by atoms with van der Waals surface area (Å²) in [6.07, 6.45) is 3.03. The molecule has 1 unspecified atom stereocenters. The van der Waals surface area contributed by atoms with Crippen LogP contribution in [0.2, 0.25) is 0 Å². The number of phenolic OH excluding ortho intramolecular Hbond substituents is 1. The number of rotatable bonds is 4. The molecule has 2 aliphatic heterocycles. The van der Waals surface area contributed by atoms with Crippen LogP contribution in [0, 0.1) is 0 Å². The largest absolute Gasteiger partial charge is 0.502 e. The number of carbonyl (C=O) groups is 2. The summed E-state index contributed by atoms with van der Waals surface area (Å²) in [6.45, 7) is 0. The number of Topliss-reactive ketones (excluding diaryl/α,β-unsaturated/α-hetero) is 1. The Balaban J connectivity index is 1.66. The number of allylic oxidation sites excluding steroid dienone is 1. The smallest absolute Gasteiger partial charge is 0.312 e. The van der Waals surface area contributed by atoms with Gasteiger partial charge in [-0.15, -0.1) is 0 Å². The molecule has 3 aromatic rings. The molecule has 2 aliphatic rings. The third-order valence-electron chi connectivity index (χ3n) is 5.50. The van der Waals surface area contributed by atoms with E-state index >= 15 is 0 Å². The van der Waals surface area contributed by atoms with E-state index in [4.69, 9.17) is 23.4 Å². The molecule has 0 spiro atoms. The maximum Gasteiger partial charge on any atom is 0.312 e. The van der Waals surface area contributed by atoms with Gasteiger partial charge in [-0.05, 0) is 42.0 Å². The summed E-state index contributed by atoms with van der Waals surface area (Å²) >= 11 is 0. The molecule has 0 amide bonds. The number of benzene rings is 2. The molecule has 0 bridgehead atoms. The molecule has 0 aliphatic carbocycles. The zero-order valence-electron chi connectivity index (χ0n) is 17.2. The van der Waals surface area contributed by atoms with Gasteiger partial charge in [0.1, 0.15) is 17.3 Å². The lowest BCUT2D eigenvalue weighted by Crippen LogP contribution is -2.21. The van der Waals surface area contributed by atoms with E-state index < -0.39 is 11.9 Å². The molecule has 8 nitrogen and oxygen atoms in total. The second kappa shape index (κ2) is 7.49. The highest BCUT2D eigenvalue weighted by Crippen LogP contribution is 2.51. The molecular formula is C24H18O8. The first kappa shape index (κ1) is 19.7. The molecule has 5 rings (SSSR count). The van der Waals surface area contributed by atoms with E-state index in [1.165, 1.54) is 26.6 Å². The number of fused-ring (bicyclic) bond motifs is 3. The quantitative estimate of drug-likeness (QED) is 0.372. The fourth-order valence-corrected chi connectivity index (χ4v) is 4.01. The number of esters is 1. The van der Waals surface area contributed by atoms with Crippen LogP contribution in [0.3, 0.4) is 0 Å². The summed E-state index contributed by atoms with van der Waals surface area (Å²) in [5, 5.41) is 10.3. The maximum atomic E-state index is 12.9. The number of carbonyl (C=O) groups excluding carboxylic acids is 2. The van der Waals surface area contributed by atoms with Crippen molar-refractivity contribution in [3.05, 3.63) is 70.9 Å². The van der Waals surface area contributed by atoms with Gasteiger partial charge in [-0.3, -0.25) is 9.59 Å². The molecule has 0 saturated heterocycles. The zero-order chi connectivity index (χ0) is 22.4. The van der Waals surface area contributed by atoms with Crippen molar-refractivity contribution in [1.29, 1.82) is 0 Å². The van der Waals surface area contributed by atoms with Crippen molar-refractivity contribution in [3.63, 3.8) is 0 Å². The fourth-order valence-electron chi connectivity index (χ4n) is 4.01. The molecule has 8 heteroatoms. The highest BCUT2D eigenvalue weighted by molar-refractivity contribution is 6.15. The summed E-state index contributed by atoms with van der Waals surface area (Å²) in [6, 6.07) is 9.84. The van der Waals surface area contributed by atoms with Crippen molar-refractivity contribution in [1.82, 2.24) is 0 Å². The predicted molar refractivity (Wildman–Crippen MR) is 111 cm³/mol. The Bertz CT molecular complexity index is 1240. The second-order valence-corrected chi connectivity index (χ2v) is 7.31. The van der Waals surface area contributed by atoms with Crippen LogP contribution in [0.25, 0.3) is 6.08 Å².